The third kappa shape index (κ3) is 320. The van der Waals surface area contributed by atoms with Crippen LogP contribution in [0.2, 0.25) is 0 Å². The zero-order valence-corrected chi connectivity index (χ0v) is 10.5. The summed E-state index contributed by atoms with van der Waals surface area (Å²) >= 11 is 0. The van der Waals surface area contributed by atoms with E-state index in [-0.39, 0.29) is 46.1 Å². The molecule has 0 amide bonds. The Morgan fingerprint density at radius 1 is 0.600 bits per heavy atom. The first-order valence-electron chi connectivity index (χ1n) is 2.23. The molecule has 0 aliphatic carbocycles. The maximum absolute atomic E-state index is 8.25. The Morgan fingerprint density at radius 3 is 0.600 bits per heavy atom. The van der Waals surface area contributed by atoms with E-state index in [2.05, 4.69) is 13.8 Å². The summed E-state index contributed by atoms with van der Waals surface area (Å²) in [6, 6.07) is 0. The molecule has 0 saturated carbocycles. The van der Waals surface area contributed by atoms with Crippen LogP contribution >= 0.6 is 0 Å². The Bertz CT molecular complexity index is 13.7. The van der Waals surface area contributed by atoms with Crippen molar-refractivity contribution in [3.8, 4) is 0 Å². The van der Waals surface area contributed by atoms with Crippen LogP contribution in [0.4, 0.5) is 0 Å². The van der Waals surface area contributed by atoms with E-state index in [1.807, 2.05) is 0 Å². The van der Waals surface area contributed by atoms with Gasteiger partial charge in [-0.1, -0.05) is 0 Å². The molecule has 0 radical (unpaired) electrons. The maximum Gasteiger partial charge on any atom is 2.00 e. The van der Waals surface area contributed by atoms with Crippen LogP contribution in [0.15, 0.2) is 0 Å². The van der Waals surface area contributed by atoms with E-state index in [1.165, 1.54) is 0 Å². The largest absolute Gasteiger partial charge is 2.00 e. The second-order valence-corrected chi connectivity index (χ2v) is 0. The molecule has 0 heterocycles. The van der Waals surface area contributed by atoms with E-state index in [4.69, 9.17) is 10.2 Å². The molecule has 0 bridgehead atoms. The van der Waals surface area contributed by atoms with Gasteiger partial charge in [-0.05, 0) is 0 Å². The monoisotopic (exact) mass is 168 g/mol. The zero-order valence-electron chi connectivity index (χ0n) is 7.64. The van der Waals surface area contributed by atoms with Gasteiger partial charge in [-0.2, -0.15) is 28.1 Å². The van der Waals surface area contributed by atoms with Gasteiger partial charge in [-0.25, -0.2) is 0 Å². The first-order valence-corrected chi connectivity index (χ1v) is 2.23. The third-order valence-electron chi connectivity index (χ3n) is 0. The van der Waals surface area contributed by atoms with Gasteiger partial charge < -0.3 is 24.1 Å². The standard InChI is InChI=1S/2C2H5.2CH3O.2Mg/c4*1-2;;/h2*1H2,2H3;2*1H3;;/q4*-1;2*+2. The van der Waals surface area contributed by atoms with Gasteiger partial charge in [0.05, 0.1) is 0 Å². The van der Waals surface area contributed by atoms with E-state index in [0.29, 0.717) is 0 Å². The molecular formula is C6H16Mg2O2. The van der Waals surface area contributed by atoms with Crippen LogP contribution in [0.3, 0.4) is 0 Å². The summed E-state index contributed by atoms with van der Waals surface area (Å²) in [5.41, 5.74) is 0. The summed E-state index contributed by atoms with van der Waals surface area (Å²) in [4.78, 5) is 0. The van der Waals surface area contributed by atoms with Crippen molar-refractivity contribution in [2.75, 3.05) is 14.2 Å². The van der Waals surface area contributed by atoms with Crippen molar-refractivity contribution in [2.45, 2.75) is 13.8 Å². The minimum atomic E-state index is 0. The van der Waals surface area contributed by atoms with E-state index in [0.717, 1.165) is 14.2 Å². The molecule has 0 spiro atoms. The van der Waals surface area contributed by atoms with Crippen LogP contribution in [0, 0.1) is 13.8 Å². The molecule has 0 aliphatic heterocycles. The molecule has 56 valence electrons. The topological polar surface area (TPSA) is 46.1 Å². The average Bonchev–Trinajstić information content (AvgIpc) is 2.03. The third-order valence-corrected chi connectivity index (χ3v) is 0. The summed E-state index contributed by atoms with van der Waals surface area (Å²) in [5, 5.41) is 16.5. The molecule has 10 heavy (non-hydrogen) atoms. The van der Waals surface area contributed by atoms with Crippen molar-refractivity contribution in [1.29, 1.82) is 0 Å². The van der Waals surface area contributed by atoms with Crippen LogP contribution in [-0.2, 0) is 0 Å². The fourth-order valence-electron chi connectivity index (χ4n) is 0. The van der Waals surface area contributed by atoms with Gasteiger partial charge in [0.2, 0.25) is 0 Å². The van der Waals surface area contributed by atoms with E-state index in [1.54, 1.807) is 13.8 Å². The molecule has 0 unspecified atom stereocenters. The Morgan fingerprint density at radius 2 is 0.600 bits per heavy atom. The predicted octanol–water partition coefficient (Wildman–Crippen LogP) is -1.13. The van der Waals surface area contributed by atoms with Crippen LogP contribution in [0.1, 0.15) is 13.8 Å². The van der Waals surface area contributed by atoms with Gasteiger partial charge in [0, 0.05) is 0 Å². The molecule has 4 heteroatoms. The molecule has 0 atom stereocenters. The van der Waals surface area contributed by atoms with Crippen molar-refractivity contribution in [3.05, 3.63) is 13.8 Å². The normalized spacial score (nSPS) is 2.40. The average molecular weight is 169 g/mol. The van der Waals surface area contributed by atoms with Gasteiger partial charge in [0.15, 0.2) is 0 Å². The van der Waals surface area contributed by atoms with E-state index in [9.17, 15) is 0 Å². The quantitative estimate of drug-likeness (QED) is 0.340. The summed E-state index contributed by atoms with van der Waals surface area (Å²) in [6.07, 6.45) is 0. The molecule has 0 aliphatic rings. The summed E-state index contributed by atoms with van der Waals surface area (Å²) in [5.74, 6) is 0. The zero-order chi connectivity index (χ0) is 8.00. The van der Waals surface area contributed by atoms with Crippen LogP contribution in [0.25, 0.3) is 0 Å². The number of hydrogen-bond acceptors (Lipinski definition) is 2. The second-order valence-electron chi connectivity index (χ2n) is 0. The van der Waals surface area contributed by atoms with Crippen molar-refractivity contribution in [1.82, 2.24) is 0 Å². The van der Waals surface area contributed by atoms with Crippen molar-refractivity contribution >= 4 is 46.1 Å². The fraction of sp³-hybridized carbons (Fsp3) is 0.667. The Balaban J connectivity index is -0.00000000500. The van der Waals surface area contributed by atoms with E-state index < -0.39 is 0 Å². The van der Waals surface area contributed by atoms with Crippen molar-refractivity contribution in [3.63, 3.8) is 0 Å². The maximum atomic E-state index is 8.25. The molecule has 0 rings (SSSR count). The Hall–Kier alpha value is 1.45. The van der Waals surface area contributed by atoms with Gasteiger partial charge in [-0.3, -0.25) is 0 Å². The fourth-order valence-corrected chi connectivity index (χ4v) is 0. The summed E-state index contributed by atoms with van der Waals surface area (Å²) in [6.45, 7) is 10.0. The Kier molecular flexibility index (Phi) is 1860. The number of hydrogen-bond donors (Lipinski definition) is 0. The van der Waals surface area contributed by atoms with Crippen LogP contribution in [-0.4, -0.2) is 60.3 Å². The first-order chi connectivity index (χ1) is 4.00. The minimum Gasteiger partial charge on any atom is -0.857 e. The van der Waals surface area contributed by atoms with Crippen molar-refractivity contribution in [2.24, 2.45) is 0 Å². The molecule has 0 aromatic carbocycles. The summed E-state index contributed by atoms with van der Waals surface area (Å²) < 4.78 is 0. The molecule has 0 fully saturated rings. The molecular weight excluding hydrogens is 153 g/mol. The molecule has 0 aromatic heterocycles. The molecule has 0 aromatic rings. The van der Waals surface area contributed by atoms with Gasteiger partial charge in [0.25, 0.3) is 0 Å². The predicted molar refractivity (Wildman–Crippen MR) is 45.4 cm³/mol. The van der Waals surface area contributed by atoms with Crippen molar-refractivity contribution < 1.29 is 10.2 Å². The SMILES string of the molecule is C[O-].C[O-].[CH2-]C.[CH2-]C.[Mg+2].[Mg+2]. The minimum absolute atomic E-state index is 0. The summed E-state index contributed by atoms with van der Waals surface area (Å²) in [7, 11) is 1.50. The Labute approximate surface area is 97.7 Å². The molecule has 0 saturated heterocycles. The smallest absolute Gasteiger partial charge is 0.857 e. The first kappa shape index (κ1) is 42.1. The number of rotatable bonds is 0. The van der Waals surface area contributed by atoms with Gasteiger partial charge >= 0.3 is 46.1 Å². The van der Waals surface area contributed by atoms with Crippen LogP contribution < -0.4 is 10.2 Å². The van der Waals surface area contributed by atoms with Gasteiger partial charge in [0.1, 0.15) is 0 Å². The molecule has 0 N–H and O–H groups in total. The molecule has 2 nitrogen and oxygen atoms in total. The van der Waals surface area contributed by atoms with Gasteiger partial charge in [-0.15, -0.1) is 0 Å². The van der Waals surface area contributed by atoms with Crippen LogP contribution in [0.5, 0.6) is 0 Å². The second kappa shape index (κ2) is 443. The van der Waals surface area contributed by atoms with E-state index >= 15 is 0 Å².